The van der Waals surface area contributed by atoms with Crippen molar-refractivity contribution in [3.8, 4) is 17.2 Å². The quantitative estimate of drug-likeness (QED) is 0.487. The van der Waals surface area contributed by atoms with E-state index < -0.39 is 23.6 Å². The number of aromatic nitrogens is 1. The summed E-state index contributed by atoms with van der Waals surface area (Å²) >= 11 is 0. The average molecular weight is 510 g/mol. The van der Waals surface area contributed by atoms with Crippen molar-refractivity contribution in [1.29, 1.82) is 0 Å². The molecule has 5 rings (SSSR count). The van der Waals surface area contributed by atoms with E-state index in [2.05, 4.69) is 16.9 Å². The van der Waals surface area contributed by atoms with Gasteiger partial charge in [-0.05, 0) is 67.4 Å². The van der Waals surface area contributed by atoms with Crippen LogP contribution in [-0.4, -0.2) is 52.0 Å². The molecule has 7 nitrogen and oxygen atoms in total. The number of fused-ring (bicyclic) bond motifs is 1. The standard InChI is InChI=1S/C28H29F2N3O4/c1-32-10-7-22(8-11-32)37-23-6-5-18-15-33(16-20(18)12-23)28(35)26-24(34)13-19(27(29)30)14-25(26)36-17-21-4-2-3-9-31-21/h2-6,9,12-14,22,27,34H,7-8,10-11,15-17H2,1H3. The topological polar surface area (TPSA) is 75.1 Å². The Morgan fingerprint density at radius 2 is 1.89 bits per heavy atom. The third kappa shape index (κ3) is 5.67. The molecule has 1 saturated heterocycles. The number of hydrogen-bond donors (Lipinski definition) is 1. The maximum atomic E-state index is 13.5. The third-order valence-corrected chi connectivity index (χ3v) is 6.83. The summed E-state index contributed by atoms with van der Waals surface area (Å²) in [5.74, 6) is -0.372. The number of alkyl halides is 2. The van der Waals surface area contributed by atoms with E-state index in [1.165, 1.54) is 0 Å². The maximum absolute atomic E-state index is 13.5. The predicted octanol–water partition coefficient (Wildman–Crippen LogP) is 4.93. The van der Waals surface area contributed by atoms with Gasteiger partial charge in [0.15, 0.2) is 0 Å². The van der Waals surface area contributed by atoms with E-state index >= 15 is 0 Å². The molecule has 1 fully saturated rings. The largest absolute Gasteiger partial charge is 0.507 e. The number of pyridine rings is 1. The van der Waals surface area contributed by atoms with Crippen LogP contribution in [0.25, 0.3) is 0 Å². The number of rotatable bonds is 7. The van der Waals surface area contributed by atoms with E-state index in [0.717, 1.165) is 54.9 Å². The van der Waals surface area contributed by atoms with E-state index in [4.69, 9.17) is 9.47 Å². The number of halogens is 2. The molecule has 1 amide bonds. The molecule has 2 aromatic carbocycles. The van der Waals surface area contributed by atoms with Crippen LogP contribution in [0.2, 0.25) is 0 Å². The van der Waals surface area contributed by atoms with Crippen molar-refractivity contribution in [3.05, 3.63) is 82.7 Å². The van der Waals surface area contributed by atoms with Gasteiger partial charge >= 0.3 is 0 Å². The SMILES string of the molecule is CN1CCC(Oc2ccc3c(c2)CN(C(=O)c2c(O)cc(C(F)F)cc2OCc2ccccn2)C3)CC1. The van der Waals surface area contributed by atoms with Gasteiger partial charge in [0, 0.05) is 37.9 Å². The minimum Gasteiger partial charge on any atom is -0.507 e. The zero-order valence-electron chi connectivity index (χ0n) is 20.6. The summed E-state index contributed by atoms with van der Waals surface area (Å²) < 4.78 is 38.8. The molecule has 3 aromatic rings. The highest BCUT2D eigenvalue weighted by atomic mass is 19.3. The molecule has 2 aliphatic heterocycles. The fourth-order valence-corrected chi connectivity index (χ4v) is 4.75. The molecule has 0 spiro atoms. The number of likely N-dealkylation sites (tertiary alicyclic amines) is 1. The molecule has 0 atom stereocenters. The highest BCUT2D eigenvalue weighted by molar-refractivity contribution is 6.00. The Morgan fingerprint density at radius 1 is 1.11 bits per heavy atom. The van der Waals surface area contributed by atoms with E-state index in [1.807, 2.05) is 18.2 Å². The molecule has 37 heavy (non-hydrogen) atoms. The number of hydrogen-bond acceptors (Lipinski definition) is 6. The first-order valence-electron chi connectivity index (χ1n) is 12.3. The highest BCUT2D eigenvalue weighted by Gasteiger charge is 2.30. The second-order valence-corrected chi connectivity index (χ2v) is 9.54. The van der Waals surface area contributed by atoms with E-state index in [9.17, 15) is 18.7 Å². The lowest BCUT2D eigenvalue weighted by atomic mass is 10.1. The summed E-state index contributed by atoms with van der Waals surface area (Å²) in [6, 6.07) is 13.1. The molecule has 0 radical (unpaired) electrons. The molecule has 0 unspecified atom stereocenters. The summed E-state index contributed by atoms with van der Waals surface area (Å²) in [7, 11) is 2.10. The number of benzene rings is 2. The van der Waals surface area contributed by atoms with Crippen molar-refractivity contribution < 1.29 is 28.2 Å². The first-order chi connectivity index (χ1) is 17.9. The van der Waals surface area contributed by atoms with E-state index in [0.29, 0.717) is 18.8 Å². The van der Waals surface area contributed by atoms with Crippen molar-refractivity contribution >= 4 is 5.91 Å². The lowest BCUT2D eigenvalue weighted by Gasteiger charge is -2.29. The number of carbonyl (C=O) groups is 1. The Morgan fingerprint density at radius 3 is 2.62 bits per heavy atom. The first kappa shape index (κ1) is 25.0. The second kappa shape index (κ2) is 10.7. The zero-order chi connectivity index (χ0) is 25.9. The van der Waals surface area contributed by atoms with Crippen LogP contribution in [-0.2, 0) is 19.7 Å². The minimum absolute atomic E-state index is 0.0366. The molecular weight excluding hydrogens is 480 g/mol. The van der Waals surface area contributed by atoms with Crippen LogP contribution in [0.4, 0.5) is 8.78 Å². The van der Waals surface area contributed by atoms with E-state index in [1.54, 1.807) is 29.3 Å². The lowest BCUT2D eigenvalue weighted by Crippen LogP contribution is -2.35. The smallest absolute Gasteiger partial charge is 0.264 e. The molecule has 1 aromatic heterocycles. The lowest BCUT2D eigenvalue weighted by molar-refractivity contribution is 0.0742. The summed E-state index contributed by atoms with van der Waals surface area (Å²) in [5, 5.41) is 10.6. The fraction of sp³-hybridized carbons (Fsp3) is 0.357. The van der Waals surface area contributed by atoms with Gasteiger partial charge in [-0.1, -0.05) is 12.1 Å². The number of carbonyl (C=O) groups excluding carboxylic acids is 1. The van der Waals surface area contributed by atoms with Crippen molar-refractivity contribution in [1.82, 2.24) is 14.8 Å². The number of amides is 1. The monoisotopic (exact) mass is 509 g/mol. The van der Waals surface area contributed by atoms with Crippen molar-refractivity contribution in [3.63, 3.8) is 0 Å². The van der Waals surface area contributed by atoms with Gasteiger partial charge in [-0.3, -0.25) is 9.78 Å². The van der Waals surface area contributed by atoms with Gasteiger partial charge in [0.1, 0.15) is 35.5 Å². The van der Waals surface area contributed by atoms with Gasteiger partial charge in [0.25, 0.3) is 12.3 Å². The molecular formula is C28H29F2N3O4. The van der Waals surface area contributed by atoms with Crippen LogP contribution in [0.5, 0.6) is 17.2 Å². The summed E-state index contributed by atoms with van der Waals surface area (Å²) in [6.45, 7) is 2.60. The van der Waals surface area contributed by atoms with Crippen LogP contribution in [0.15, 0.2) is 54.7 Å². The summed E-state index contributed by atoms with van der Waals surface area (Å²) in [6.07, 6.45) is 0.855. The summed E-state index contributed by atoms with van der Waals surface area (Å²) in [4.78, 5) is 21.5. The number of nitrogens with zero attached hydrogens (tertiary/aromatic N) is 3. The van der Waals surface area contributed by atoms with Gasteiger partial charge in [-0.2, -0.15) is 0 Å². The Labute approximate surface area is 214 Å². The zero-order valence-corrected chi connectivity index (χ0v) is 20.6. The highest BCUT2D eigenvalue weighted by Crippen LogP contribution is 2.37. The predicted molar refractivity (Wildman–Crippen MR) is 133 cm³/mol. The van der Waals surface area contributed by atoms with Gasteiger partial charge in [0.05, 0.1) is 5.69 Å². The molecule has 0 aliphatic carbocycles. The van der Waals surface area contributed by atoms with Gasteiger partial charge in [-0.15, -0.1) is 0 Å². The molecule has 2 aliphatic rings. The van der Waals surface area contributed by atoms with Crippen molar-refractivity contribution in [2.45, 2.75) is 45.1 Å². The van der Waals surface area contributed by atoms with Gasteiger partial charge in [0.2, 0.25) is 0 Å². The van der Waals surface area contributed by atoms with Crippen LogP contribution in [0.1, 0.15) is 52.0 Å². The molecule has 0 saturated carbocycles. The third-order valence-electron chi connectivity index (χ3n) is 6.83. The number of ether oxygens (including phenoxy) is 2. The molecule has 9 heteroatoms. The van der Waals surface area contributed by atoms with Crippen LogP contribution < -0.4 is 9.47 Å². The Hall–Kier alpha value is -3.72. The van der Waals surface area contributed by atoms with Gasteiger partial charge < -0.3 is 24.4 Å². The molecule has 1 N–H and O–H groups in total. The molecule has 3 heterocycles. The number of piperidine rings is 1. The number of phenols is 1. The summed E-state index contributed by atoms with van der Waals surface area (Å²) in [5.41, 5.74) is 1.93. The first-order valence-corrected chi connectivity index (χ1v) is 12.3. The van der Waals surface area contributed by atoms with Crippen molar-refractivity contribution in [2.24, 2.45) is 0 Å². The van der Waals surface area contributed by atoms with Crippen LogP contribution in [0, 0.1) is 0 Å². The van der Waals surface area contributed by atoms with Crippen molar-refractivity contribution in [2.75, 3.05) is 20.1 Å². The Bertz CT molecular complexity index is 1260. The van der Waals surface area contributed by atoms with Crippen LogP contribution >= 0.6 is 0 Å². The number of aromatic hydroxyl groups is 1. The normalized spacial score (nSPS) is 16.2. The Balaban J connectivity index is 1.34. The molecule has 194 valence electrons. The van der Waals surface area contributed by atoms with E-state index in [-0.39, 0.29) is 24.0 Å². The average Bonchev–Trinajstić information content (AvgIpc) is 3.32. The van der Waals surface area contributed by atoms with Crippen LogP contribution in [0.3, 0.4) is 0 Å². The number of phenolic OH excluding ortho intramolecular Hbond substituents is 1. The minimum atomic E-state index is -2.83. The molecule has 0 bridgehead atoms. The Kier molecular flexibility index (Phi) is 7.23. The van der Waals surface area contributed by atoms with Gasteiger partial charge in [-0.25, -0.2) is 8.78 Å². The fourth-order valence-electron chi connectivity index (χ4n) is 4.75. The maximum Gasteiger partial charge on any atom is 0.264 e. The second-order valence-electron chi connectivity index (χ2n) is 9.54.